The summed E-state index contributed by atoms with van der Waals surface area (Å²) in [7, 11) is 1.78. The van der Waals surface area contributed by atoms with Crippen molar-refractivity contribution in [1.29, 1.82) is 0 Å². The van der Waals surface area contributed by atoms with Crippen LogP contribution in [-0.2, 0) is 4.74 Å². The van der Waals surface area contributed by atoms with Crippen molar-refractivity contribution in [1.82, 2.24) is 4.90 Å². The van der Waals surface area contributed by atoms with Crippen LogP contribution in [0.2, 0.25) is 0 Å². The summed E-state index contributed by atoms with van der Waals surface area (Å²) in [5.74, 6) is 0.742. The SMILES string of the molecule is COCC1CCN(CCCCC(C)O)C1. The molecule has 1 N–H and O–H groups in total. The van der Waals surface area contributed by atoms with Gasteiger partial charge in [-0.25, -0.2) is 0 Å². The highest BCUT2D eigenvalue weighted by atomic mass is 16.5. The summed E-state index contributed by atoms with van der Waals surface area (Å²) >= 11 is 0. The second kappa shape index (κ2) is 7.20. The van der Waals surface area contributed by atoms with Gasteiger partial charge in [0.1, 0.15) is 0 Å². The Kier molecular flexibility index (Phi) is 6.22. The van der Waals surface area contributed by atoms with E-state index in [9.17, 15) is 0 Å². The van der Waals surface area contributed by atoms with E-state index in [1.807, 2.05) is 6.92 Å². The summed E-state index contributed by atoms with van der Waals surface area (Å²) in [6.45, 7) is 6.38. The fraction of sp³-hybridized carbons (Fsp3) is 1.00. The van der Waals surface area contributed by atoms with Crippen molar-refractivity contribution in [3.05, 3.63) is 0 Å². The molecule has 3 nitrogen and oxygen atoms in total. The molecule has 1 fully saturated rings. The van der Waals surface area contributed by atoms with E-state index in [2.05, 4.69) is 4.90 Å². The van der Waals surface area contributed by atoms with Gasteiger partial charge in [0, 0.05) is 13.7 Å². The van der Waals surface area contributed by atoms with Crippen LogP contribution in [0.5, 0.6) is 0 Å². The molecule has 0 aromatic heterocycles. The largest absolute Gasteiger partial charge is 0.393 e. The minimum atomic E-state index is -0.134. The lowest BCUT2D eigenvalue weighted by Gasteiger charge is -2.15. The molecule has 2 atom stereocenters. The van der Waals surface area contributed by atoms with Crippen LogP contribution in [-0.4, -0.2) is 49.5 Å². The number of rotatable bonds is 7. The van der Waals surface area contributed by atoms with Crippen LogP contribution in [0.1, 0.15) is 32.6 Å². The highest BCUT2D eigenvalue weighted by Crippen LogP contribution is 2.16. The zero-order chi connectivity index (χ0) is 11.1. The maximum absolute atomic E-state index is 9.13. The normalized spacial score (nSPS) is 24.6. The van der Waals surface area contributed by atoms with Crippen LogP contribution in [0.25, 0.3) is 0 Å². The lowest BCUT2D eigenvalue weighted by atomic mass is 10.1. The summed E-state index contributed by atoms with van der Waals surface area (Å²) in [6, 6.07) is 0. The Labute approximate surface area is 93.4 Å². The van der Waals surface area contributed by atoms with Crippen LogP contribution in [0.4, 0.5) is 0 Å². The topological polar surface area (TPSA) is 32.7 Å². The van der Waals surface area contributed by atoms with Gasteiger partial charge in [-0.1, -0.05) is 0 Å². The predicted molar refractivity (Wildman–Crippen MR) is 62.0 cm³/mol. The van der Waals surface area contributed by atoms with E-state index in [0.29, 0.717) is 0 Å². The van der Waals surface area contributed by atoms with Crippen LogP contribution in [0.3, 0.4) is 0 Å². The van der Waals surface area contributed by atoms with Gasteiger partial charge in [-0.05, 0) is 51.6 Å². The van der Waals surface area contributed by atoms with E-state index in [1.54, 1.807) is 7.11 Å². The maximum atomic E-state index is 9.13. The van der Waals surface area contributed by atoms with E-state index in [1.165, 1.54) is 32.5 Å². The molecule has 3 heteroatoms. The zero-order valence-corrected chi connectivity index (χ0v) is 10.1. The summed E-state index contributed by atoms with van der Waals surface area (Å²) in [5, 5.41) is 9.13. The van der Waals surface area contributed by atoms with E-state index in [-0.39, 0.29) is 6.10 Å². The van der Waals surface area contributed by atoms with Gasteiger partial charge in [0.2, 0.25) is 0 Å². The third-order valence-corrected chi connectivity index (χ3v) is 3.12. The minimum Gasteiger partial charge on any atom is -0.393 e. The minimum absolute atomic E-state index is 0.134. The first kappa shape index (κ1) is 12.9. The van der Waals surface area contributed by atoms with Crippen LogP contribution in [0, 0.1) is 5.92 Å². The molecule has 1 heterocycles. The third-order valence-electron chi connectivity index (χ3n) is 3.12. The van der Waals surface area contributed by atoms with Crippen molar-refractivity contribution >= 4 is 0 Å². The molecule has 0 aromatic carbocycles. The van der Waals surface area contributed by atoms with E-state index in [0.717, 1.165) is 25.4 Å². The fourth-order valence-electron chi connectivity index (χ4n) is 2.26. The lowest BCUT2D eigenvalue weighted by Crippen LogP contribution is -2.23. The number of likely N-dealkylation sites (tertiary alicyclic amines) is 1. The number of aliphatic hydroxyl groups excluding tert-OH is 1. The van der Waals surface area contributed by atoms with Gasteiger partial charge in [0.05, 0.1) is 12.7 Å². The first-order chi connectivity index (χ1) is 7.22. The summed E-state index contributed by atoms with van der Waals surface area (Å²) < 4.78 is 5.17. The number of aliphatic hydroxyl groups is 1. The van der Waals surface area contributed by atoms with E-state index >= 15 is 0 Å². The molecule has 0 saturated carbocycles. The van der Waals surface area contributed by atoms with Crippen molar-refractivity contribution in [3.8, 4) is 0 Å². The van der Waals surface area contributed by atoms with Gasteiger partial charge in [0.25, 0.3) is 0 Å². The van der Waals surface area contributed by atoms with Gasteiger partial charge in [-0.2, -0.15) is 0 Å². The van der Waals surface area contributed by atoms with Crippen molar-refractivity contribution in [3.63, 3.8) is 0 Å². The van der Waals surface area contributed by atoms with Crippen LogP contribution < -0.4 is 0 Å². The number of hydrogen-bond donors (Lipinski definition) is 1. The molecule has 1 aliphatic rings. The number of hydrogen-bond acceptors (Lipinski definition) is 3. The molecule has 0 aromatic rings. The van der Waals surface area contributed by atoms with Gasteiger partial charge in [-0.15, -0.1) is 0 Å². The Balaban J connectivity index is 1.99. The van der Waals surface area contributed by atoms with Crippen molar-refractivity contribution in [2.24, 2.45) is 5.92 Å². The lowest BCUT2D eigenvalue weighted by molar-refractivity contribution is 0.152. The second-order valence-electron chi connectivity index (χ2n) is 4.76. The standard InChI is InChI=1S/C12H25NO2/c1-11(14)5-3-4-7-13-8-6-12(9-13)10-15-2/h11-12,14H,3-10H2,1-2H3. The first-order valence-electron chi connectivity index (χ1n) is 6.11. The molecule has 0 amide bonds. The average molecular weight is 215 g/mol. The first-order valence-corrected chi connectivity index (χ1v) is 6.11. The molecular formula is C12H25NO2. The van der Waals surface area contributed by atoms with Crippen LogP contribution >= 0.6 is 0 Å². The fourth-order valence-corrected chi connectivity index (χ4v) is 2.26. The Morgan fingerprint density at radius 3 is 2.93 bits per heavy atom. The molecule has 0 bridgehead atoms. The smallest absolute Gasteiger partial charge is 0.0512 e. The molecule has 1 rings (SSSR count). The molecule has 2 unspecified atom stereocenters. The molecule has 0 spiro atoms. The Bertz CT molecular complexity index is 162. The summed E-state index contributed by atoms with van der Waals surface area (Å²) in [6.07, 6.45) is 4.44. The Morgan fingerprint density at radius 2 is 2.27 bits per heavy atom. The monoisotopic (exact) mass is 215 g/mol. The van der Waals surface area contributed by atoms with Gasteiger partial charge in [-0.3, -0.25) is 0 Å². The quantitative estimate of drug-likeness (QED) is 0.653. The molecule has 1 aliphatic heterocycles. The molecule has 1 saturated heterocycles. The highest BCUT2D eigenvalue weighted by Gasteiger charge is 2.21. The molecule has 0 aliphatic carbocycles. The van der Waals surface area contributed by atoms with Crippen molar-refractivity contribution in [2.75, 3.05) is 33.4 Å². The zero-order valence-electron chi connectivity index (χ0n) is 10.1. The number of methoxy groups -OCH3 is 1. The third kappa shape index (κ3) is 5.50. The van der Waals surface area contributed by atoms with E-state index in [4.69, 9.17) is 9.84 Å². The van der Waals surface area contributed by atoms with E-state index < -0.39 is 0 Å². The van der Waals surface area contributed by atoms with Gasteiger partial charge < -0.3 is 14.7 Å². The molecule has 90 valence electrons. The molecule has 15 heavy (non-hydrogen) atoms. The Morgan fingerprint density at radius 1 is 1.47 bits per heavy atom. The second-order valence-corrected chi connectivity index (χ2v) is 4.76. The van der Waals surface area contributed by atoms with Gasteiger partial charge >= 0.3 is 0 Å². The molecule has 0 radical (unpaired) electrons. The van der Waals surface area contributed by atoms with Crippen molar-refractivity contribution < 1.29 is 9.84 Å². The molecular weight excluding hydrogens is 190 g/mol. The maximum Gasteiger partial charge on any atom is 0.0512 e. The van der Waals surface area contributed by atoms with Crippen molar-refractivity contribution in [2.45, 2.75) is 38.7 Å². The van der Waals surface area contributed by atoms with Gasteiger partial charge in [0.15, 0.2) is 0 Å². The number of unbranched alkanes of at least 4 members (excludes halogenated alkanes) is 1. The summed E-state index contributed by atoms with van der Waals surface area (Å²) in [5.41, 5.74) is 0. The summed E-state index contributed by atoms with van der Waals surface area (Å²) in [4.78, 5) is 2.52. The average Bonchev–Trinajstić information content (AvgIpc) is 2.61. The Hall–Kier alpha value is -0.120. The predicted octanol–water partition coefficient (Wildman–Crippen LogP) is 1.51. The number of ether oxygens (including phenoxy) is 1. The highest BCUT2D eigenvalue weighted by molar-refractivity contribution is 4.75. The van der Waals surface area contributed by atoms with Crippen LogP contribution in [0.15, 0.2) is 0 Å². The number of nitrogens with zero attached hydrogens (tertiary/aromatic N) is 1.